The molecule has 0 aliphatic rings. The molecule has 0 amide bonds. The highest BCUT2D eigenvalue weighted by molar-refractivity contribution is 9.08. The molecule has 1 rings (SSSR count). The lowest BCUT2D eigenvalue weighted by atomic mass is 10.2. The second-order valence-corrected chi connectivity index (χ2v) is 4.05. The zero-order valence-electron chi connectivity index (χ0n) is 9.00. The molecule has 0 aromatic carbocycles. The molecule has 1 aromatic heterocycles. The average Bonchev–Trinajstić information content (AvgIpc) is 2.26. The number of pyridine rings is 1. The first-order valence-corrected chi connectivity index (χ1v) is 6.05. The van der Waals surface area contributed by atoms with Gasteiger partial charge in [-0.25, -0.2) is 4.98 Å². The molecule has 1 aromatic rings. The smallest absolute Gasteiger partial charge is 0.132 e. The van der Waals surface area contributed by atoms with Crippen LogP contribution in [0.4, 0.5) is 5.82 Å². The van der Waals surface area contributed by atoms with Gasteiger partial charge in [0.1, 0.15) is 5.82 Å². The Balaban J connectivity index is 2.93. The largest absolute Gasteiger partial charge is 0.357 e. The van der Waals surface area contributed by atoms with Crippen molar-refractivity contribution in [2.45, 2.75) is 31.6 Å². The van der Waals surface area contributed by atoms with Gasteiger partial charge < -0.3 is 4.90 Å². The van der Waals surface area contributed by atoms with Gasteiger partial charge in [-0.15, -0.1) is 0 Å². The standard InChI is InChI=1S/C11H17BrN2/c1-4-9(2)14(3)11-10(8-12)6-5-7-13-11/h5-7,9H,4,8H2,1-3H3. The molecule has 0 aliphatic heterocycles. The van der Waals surface area contributed by atoms with E-state index >= 15 is 0 Å². The molecule has 1 atom stereocenters. The van der Waals surface area contributed by atoms with E-state index in [9.17, 15) is 0 Å². The van der Waals surface area contributed by atoms with Crippen molar-refractivity contribution in [3.63, 3.8) is 0 Å². The number of anilines is 1. The van der Waals surface area contributed by atoms with Gasteiger partial charge >= 0.3 is 0 Å². The van der Waals surface area contributed by atoms with Crippen LogP contribution in [-0.2, 0) is 5.33 Å². The molecule has 3 heteroatoms. The number of alkyl halides is 1. The van der Waals surface area contributed by atoms with Crippen molar-refractivity contribution < 1.29 is 0 Å². The second kappa shape index (κ2) is 5.35. The van der Waals surface area contributed by atoms with E-state index in [4.69, 9.17) is 0 Å². The number of hydrogen-bond donors (Lipinski definition) is 0. The summed E-state index contributed by atoms with van der Waals surface area (Å²) in [5.74, 6) is 1.08. The van der Waals surface area contributed by atoms with Gasteiger partial charge in [-0.2, -0.15) is 0 Å². The maximum atomic E-state index is 4.41. The van der Waals surface area contributed by atoms with E-state index in [1.807, 2.05) is 12.3 Å². The van der Waals surface area contributed by atoms with Crippen LogP contribution in [0.3, 0.4) is 0 Å². The predicted octanol–water partition coefficient (Wildman–Crippen LogP) is 3.21. The van der Waals surface area contributed by atoms with Crippen LogP contribution >= 0.6 is 15.9 Å². The minimum Gasteiger partial charge on any atom is -0.357 e. The van der Waals surface area contributed by atoms with Crippen LogP contribution in [0.2, 0.25) is 0 Å². The summed E-state index contributed by atoms with van der Waals surface area (Å²) >= 11 is 3.48. The lowest BCUT2D eigenvalue weighted by Crippen LogP contribution is -2.29. The van der Waals surface area contributed by atoms with Crippen molar-refractivity contribution in [2.75, 3.05) is 11.9 Å². The average molecular weight is 257 g/mol. The van der Waals surface area contributed by atoms with Crippen molar-refractivity contribution in [1.82, 2.24) is 4.98 Å². The van der Waals surface area contributed by atoms with Crippen LogP contribution in [0.25, 0.3) is 0 Å². The summed E-state index contributed by atoms with van der Waals surface area (Å²) in [6.07, 6.45) is 2.98. The molecule has 0 fully saturated rings. The lowest BCUT2D eigenvalue weighted by Gasteiger charge is -2.26. The van der Waals surface area contributed by atoms with Crippen LogP contribution in [0.1, 0.15) is 25.8 Å². The van der Waals surface area contributed by atoms with Crippen molar-refractivity contribution in [3.8, 4) is 0 Å². The van der Waals surface area contributed by atoms with Gasteiger partial charge in [0.25, 0.3) is 0 Å². The Labute approximate surface area is 94.5 Å². The van der Waals surface area contributed by atoms with Crippen LogP contribution in [0.15, 0.2) is 18.3 Å². The van der Waals surface area contributed by atoms with Crippen molar-refractivity contribution >= 4 is 21.7 Å². The van der Waals surface area contributed by atoms with Crippen LogP contribution in [-0.4, -0.2) is 18.1 Å². The number of halogens is 1. The number of rotatable bonds is 4. The van der Waals surface area contributed by atoms with Gasteiger partial charge in [0.15, 0.2) is 0 Å². The number of nitrogens with zero attached hydrogens (tertiary/aromatic N) is 2. The third-order valence-electron chi connectivity index (χ3n) is 2.60. The van der Waals surface area contributed by atoms with E-state index in [2.05, 4.69) is 52.8 Å². The highest BCUT2D eigenvalue weighted by Crippen LogP contribution is 2.20. The first-order valence-electron chi connectivity index (χ1n) is 4.93. The predicted molar refractivity (Wildman–Crippen MR) is 65.0 cm³/mol. The Hall–Kier alpha value is -0.570. The van der Waals surface area contributed by atoms with Crippen molar-refractivity contribution in [2.24, 2.45) is 0 Å². The quantitative estimate of drug-likeness (QED) is 0.770. The lowest BCUT2D eigenvalue weighted by molar-refractivity contribution is 0.655. The fourth-order valence-corrected chi connectivity index (χ4v) is 1.77. The van der Waals surface area contributed by atoms with Crippen molar-refractivity contribution in [1.29, 1.82) is 0 Å². The van der Waals surface area contributed by atoms with E-state index < -0.39 is 0 Å². The molecule has 0 aliphatic carbocycles. The van der Waals surface area contributed by atoms with E-state index in [1.165, 1.54) is 5.56 Å². The molecule has 0 radical (unpaired) electrons. The second-order valence-electron chi connectivity index (χ2n) is 3.49. The van der Waals surface area contributed by atoms with Crippen LogP contribution in [0, 0.1) is 0 Å². The SMILES string of the molecule is CCC(C)N(C)c1ncccc1CBr. The zero-order chi connectivity index (χ0) is 10.6. The van der Waals surface area contributed by atoms with Gasteiger partial charge in [0.05, 0.1) is 0 Å². The topological polar surface area (TPSA) is 16.1 Å². The minimum absolute atomic E-state index is 0.530. The molecule has 0 saturated heterocycles. The van der Waals surface area contributed by atoms with E-state index in [0.717, 1.165) is 17.6 Å². The fraction of sp³-hybridized carbons (Fsp3) is 0.545. The first-order chi connectivity index (χ1) is 6.70. The van der Waals surface area contributed by atoms with E-state index in [-0.39, 0.29) is 0 Å². The monoisotopic (exact) mass is 256 g/mol. The fourth-order valence-electron chi connectivity index (χ4n) is 1.33. The summed E-state index contributed by atoms with van der Waals surface area (Å²) in [6.45, 7) is 4.41. The molecule has 0 bridgehead atoms. The summed E-state index contributed by atoms with van der Waals surface area (Å²) in [5, 5.41) is 0.858. The summed E-state index contributed by atoms with van der Waals surface area (Å²) in [4.78, 5) is 6.65. The Morgan fingerprint density at radius 1 is 1.57 bits per heavy atom. The molecular weight excluding hydrogens is 240 g/mol. The highest BCUT2D eigenvalue weighted by Gasteiger charge is 2.11. The Morgan fingerprint density at radius 3 is 2.86 bits per heavy atom. The molecule has 0 N–H and O–H groups in total. The molecule has 1 unspecified atom stereocenters. The van der Waals surface area contributed by atoms with E-state index in [0.29, 0.717) is 6.04 Å². The third kappa shape index (κ3) is 2.47. The Morgan fingerprint density at radius 2 is 2.29 bits per heavy atom. The highest BCUT2D eigenvalue weighted by atomic mass is 79.9. The van der Waals surface area contributed by atoms with Crippen LogP contribution in [0.5, 0.6) is 0 Å². The molecule has 0 saturated carbocycles. The normalized spacial score (nSPS) is 12.6. The molecule has 0 spiro atoms. The maximum Gasteiger partial charge on any atom is 0.132 e. The summed E-state index contributed by atoms with van der Waals surface area (Å²) in [7, 11) is 2.10. The van der Waals surface area contributed by atoms with Crippen LogP contribution < -0.4 is 4.90 Å². The van der Waals surface area contributed by atoms with Gasteiger partial charge in [0, 0.05) is 30.2 Å². The summed E-state index contributed by atoms with van der Waals surface area (Å²) in [6, 6.07) is 4.61. The number of aromatic nitrogens is 1. The first kappa shape index (κ1) is 11.5. The Kier molecular flexibility index (Phi) is 4.39. The summed E-state index contributed by atoms with van der Waals surface area (Å²) in [5.41, 5.74) is 1.25. The van der Waals surface area contributed by atoms with E-state index in [1.54, 1.807) is 0 Å². The van der Waals surface area contributed by atoms with Gasteiger partial charge in [-0.05, 0) is 19.4 Å². The molecule has 14 heavy (non-hydrogen) atoms. The van der Waals surface area contributed by atoms with Gasteiger partial charge in [-0.1, -0.05) is 28.9 Å². The third-order valence-corrected chi connectivity index (χ3v) is 3.20. The Bertz CT molecular complexity index is 288. The maximum absolute atomic E-state index is 4.41. The zero-order valence-corrected chi connectivity index (χ0v) is 10.6. The molecule has 78 valence electrons. The molecular formula is C11H17BrN2. The number of hydrogen-bond acceptors (Lipinski definition) is 2. The van der Waals surface area contributed by atoms with Crippen molar-refractivity contribution in [3.05, 3.63) is 23.9 Å². The summed E-state index contributed by atoms with van der Waals surface area (Å²) < 4.78 is 0. The minimum atomic E-state index is 0.530. The molecule has 1 heterocycles. The molecule has 2 nitrogen and oxygen atoms in total. The van der Waals surface area contributed by atoms with Gasteiger partial charge in [0.2, 0.25) is 0 Å². The van der Waals surface area contributed by atoms with Gasteiger partial charge in [-0.3, -0.25) is 0 Å².